The number of allylic oxidation sites excluding steroid dienone is 1. The molecule has 0 aromatic carbocycles. The SMILES string of the molecule is CCS(=O)(=O)C1=C(c2ccc(OCC(C)(F)F)cn2)NC(=O)C(C(F)(F)F)C1. The lowest BCUT2D eigenvalue weighted by atomic mass is 9.98. The molecule has 0 saturated heterocycles. The second-order valence-corrected chi connectivity index (χ2v) is 8.53. The second-order valence-electron chi connectivity index (χ2n) is 6.23. The summed E-state index contributed by atoms with van der Waals surface area (Å²) in [6.45, 7) is 0.987. The number of alkyl halides is 5. The Labute approximate surface area is 157 Å². The maximum atomic E-state index is 13.0. The normalized spacial score (nSPS) is 18.8. The predicted molar refractivity (Wildman–Crippen MR) is 89.0 cm³/mol. The van der Waals surface area contributed by atoms with Crippen molar-refractivity contribution in [2.45, 2.75) is 32.4 Å². The Morgan fingerprint density at radius 3 is 2.36 bits per heavy atom. The summed E-state index contributed by atoms with van der Waals surface area (Å²) in [5.41, 5.74) is -0.490. The number of pyridine rings is 1. The highest BCUT2D eigenvalue weighted by molar-refractivity contribution is 7.95. The monoisotopic (exact) mass is 428 g/mol. The Kier molecular flexibility index (Phi) is 6.02. The predicted octanol–water partition coefficient (Wildman–Crippen LogP) is 2.92. The highest BCUT2D eigenvalue weighted by Gasteiger charge is 2.49. The van der Waals surface area contributed by atoms with Gasteiger partial charge in [0.2, 0.25) is 5.91 Å². The fraction of sp³-hybridized carbons (Fsp3) is 0.500. The van der Waals surface area contributed by atoms with Gasteiger partial charge in [0.1, 0.15) is 11.7 Å². The molecule has 156 valence electrons. The molecule has 1 amide bonds. The maximum Gasteiger partial charge on any atom is 0.400 e. The summed E-state index contributed by atoms with van der Waals surface area (Å²) >= 11 is 0. The van der Waals surface area contributed by atoms with Crippen LogP contribution in [0.4, 0.5) is 22.0 Å². The van der Waals surface area contributed by atoms with Crippen LogP contribution in [-0.2, 0) is 14.6 Å². The third-order valence-corrected chi connectivity index (χ3v) is 5.75. The van der Waals surface area contributed by atoms with Crippen molar-refractivity contribution in [3.8, 4) is 5.75 Å². The van der Waals surface area contributed by atoms with E-state index in [1.165, 1.54) is 13.0 Å². The lowest BCUT2D eigenvalue weighted by Crippen LogP contribution is -2.43. The van der Waals surface area contributed by atoms with Crippen LogP contribution in [0.1, 0.15) is 26.0 Å². The number of carbonyl (C=O) groups excluding carboxylic acids is 1. The van der Waals surface area contributed by atoms with Crippen molar-refractivity contribution in [2.75, 3.05) is 12.4 Å². The standard InChI is InChI=1S/C16H17F5N2O4S/c1-3-28(25,26)12-6-10(16(19,20)21)14(24)23-13(12)11-5-4-9(7-22-11)27-8-15(2,17)18/h4-5,7,10H,3,6,8H2,1-2H3,(H,23,24). The number of aromatic nitrogens is 1. The molecule has 1 unspecified atom stereocenters. The number of sulfone groups is 1. The smallest absolute Gasteiger partial charge is 0.400 e. The Balaban J connectivity index is 2.43. The molecule has 0 radical (unpaired) electrons. The number of hydrogen-bond donors (Lipinski definition) is 1. The van der Waals surface area contributed by atoms with Gasteiger partial charge < -0.3 is 10.1 Å². The molecule has 6 nitrogen and oxygen atoms in total. The van der Waals surface area contributed by atoms with E-state index in [1.54, 1.807) is 0 Å². The average Bonchev–Trinajstić information content (AvgIpc) is 2.58. The van der Waals surface area contributed by atoms with Crippen molar-refractivity contribution in [3.63, 3.8) is 0 Å². The number of amides is 1. The van der Waals surface area contributed by atoms with Crippen molar-refractivity contribution in [1.82, 2.24) is 10.3 Å². The molecule has 1 N–H and O–H groups in total. The van der Waals surface area contributed by atoms with Crippen LogP contribution in [0.2, 0.25) is 0 Å². The van der Waals surface area contributed by atoms with E-state index in [9.17, 15) is 35.2 Å². The van der Waals surface area contributed by atoms with Gasteiger partial charge in [-0.25, -0.2) is 17.2 Å². The summed E-state index contributed by atoms with van der Waals surface area (Å²) in [5.74, 6) is -7.51. The molecule has 2 rings (SSSR count). The van der Waals surface area contributed by atoms with Gasteiger partial charge in [-0.3, -0.25) is 9.78 Å². The fourth-order valence-corrected chi connectivity index (χ4v) is 3.65. The molecule has 0 fully saturated rings. The fourth-order valence-electron chi connectivity index (χ4n) is 2.41. The zero-order chi connectivity index (χ0) is 21.3. The molecule has 0 spiro atoms. The minimum absolute atomic E-state index is 0.0546. The van der Waals surface area contributed by atoms with Crippen LogP contribution < -0.4 is 10.1 Å². The molecule has 0 bridgehead atoms. The van der Waals surface area contributed by atoms with Crippen LogP contribution in [0.5, 0.6) is 5.75 Å². The lowest BCUT2D eigenvalue weighted by molar-refractivity contribution is -0.182. The lowest BCUT2D eigenvalue weighted by Gasteiger charge is -2.28. The molecule has 28 heavy (non-hydrogen) atoms. The largest absolute Gasteiger partial charge is 0.486 e. The van der Waals surface area contributed by atoms with Gasteiger partial charge in [0.15, 0.2) is 16.4 Å². The first kappa shape index (κ1) is 22.1. The first-order chi connectivity index (χ1) is 12.7. The molecule has 2 heterocycles. The number of hydrogen-bond acceptors (Lipinski definition) is 5. The van der Waals surface area contributed by atoms with Crippen molar-refractivity contribution in [1.29, 1.82) is 0 Å². The molecule has 1 aromatic heterocycles. The van der Waals surface area contributed by atoms with Crippen LogP contribution in [-0.4, -0.2) is 43.8 Å². The van der Waals surface area contributed by atoms with Crippen molar-refractivity contribution >= 4 is 21.4 Å². The van der Waals surface area contributed by atoms with Crippen LogP contribution >= 0.6 is 0 Å². The van der Waals surface area contributed by atoms with E-state index in [0.717, 1.165) is 12.3 Å². The molecule has 0 aliphatic carbocycles. The number of nitrogens with zero attached hydrogens (tertiary/aromatic N) is 1. The Morgan fingerprint density at radius 1 is 1.25 bits per heavy atom. The first-order valence-electron chi connectivity index (χ1n) is 8.05. The van der Waals surface area contributed by atoms with Crippen molar-refractivity contribution in [3.05, 3.63) is 28.9 Å². The number of ether oxygens (including phenoxy) is 1. The van der Waals surface area contributed by atoms with Gasteiger partial charge in [0.25, 0.3) is 5.92 Å². The summed E-state index contributed by atoms with van der Waals surface area (Å²) in [5, 5.41) is 1.97. The van der Waals surface area contributed by atoms with Gasteiger partial charge >= 0.3 is 6.18 Å². The molecular formula is C16H17F5N2O4S. The Hall–Kier alpha value is -2.24. The topological polar surface area (TPSA) is 85.4 Å². The van der Waals surface area contributed by atoms with E-state index < -0.39 is 57.4 Å². The van der Waals surface area contributed by atoms with Gasteiger partial charge in [-0.2, -0.15) is 13.2 Å². The van der Waals surface area contributed by atoms with E-state index in [4.69, 9.17) is 4.74 Å². The zero-order valence-corrected chi connectivity index (χ0v) is 15.6. The second kappa shape index (κ2) is 7.64. The number of halogens is 5. The van der Waals surface area contributed by atoms with Gasteiger partial charge in [0, 0.05) is 13.3 Å². The summed E-state index contributed by atoms with van der Waals surface area (Å²) in [4.78, 5) is 15.1. The van der Waals surface area contributed by atoms with Gasteiger partial charge in [-0.15, -0.1) is 0 Å². The zero-order valence-electron chi connectivity index (χ0n) is 14.8. The molecule has 12 heteroatoms. The average molecular weight is 428 g/mol. The van der Waals surface area contributed by atoms with Gasteiger partial charge in [0.05, 0.1) is 28.2 Å². The first-order valence-corrected chi connectivity index (χ1v) is 9.70. The molecule has 1 aliphatic heterocycles. The number of carbonyl (C=O) groups is 1. The molecule has 0 saturated carbocycles. The highest BCUT2D eigenvalue weighted by atomic mass is 32.2. The van der Waals surface area contributed by atoms with Gasteiger partial charge in [-0.1, -0.05) is 6.92 Å². The third-order valence-electron chi connectivity index (χ3n) is 3.87. The molecule has 1 aromatic rings. The minimum Gasteiger partial charge on any atom is -0.486 e. The van der Waals surface area contributed by atoms with E-state index in [0.29, 0.717) is 6.92 Å². The Bertz CT molecular complexity index is 874. The summed E-state index contributed by atoms with van der Waals surface area (Å²) in [6, 6.07) is 2.36. The van der Waals surface area contributed by atoms with E-state index in [-0.39, 0.29) is 17.1 Å². The van der Waals surface area contributed by atoms with E-state index in [2.05, 4.69) is 4.98 Å². The van der Waals surface area contributed by atoms with Crippen LogP contribution in [0.25, 0.3) is 5.70 Å². The third kappa shape index (κ3) is 5.18. The molecule has 1 aliphatic rings. The summed E-state index contributed by atoms with van der Waals surface area (Å²) in [6.07, 6.45) is -4.95. The van der Waals surface area contributed by atoms with E-state index >= 15 is 0 Å². The van der Waals surface area contributed by atoms with Crippen molar-refractivity contribution in [2.24, 2.45) is 5.92 Å². The highest BCUT2D eigenvalue weighted by Crippen LogP contribution is 2.38. The molecular weight excluding hydrogens is 411 g/mol. The summed E-state index contributed by atoms with van der Waals surface area (Å²) in [7, 11) is -4.08. The summed E-state index contributed by atoms with van der Waals surface area (Å²) < 4.78 is 94.2. The van der Waals surface area contributed by atoms with Crippen LogP contribution in [0.3, 0.4) is 0 Å². The van der Waals surface area contributed by atoms with Crippen LogP contribution in [0.15, 0.2) is 23.2 Å². The number of nitrogens with one attached hydrogen (secondary N) is 1. The Morgan fingerprint density at radius 2 is 1.89 bits per heavy atom. The van der Waals surface area contributed by atoms with Crippen LogP contribution in [0, 0.1) is 5.92 Å². The number of rotatable bonds is 6. The van der Waals surface area contributed by atoms with Gasteiger partial charge in [-0.05, 0) is 12.1 Å². The molecule has 1 atom stereocenters. The van der Waals surface area contributed by atoms with Crippen molar-refractivity contribution < 1.29 is 39.9 Å². The van der Waals surface area contributed by atoms with E-state index in [1.807, 2.05) is 5.32 Å². The minimum atomic E-state index is -4.92. The quantitative estimate of drug-likeness (QED) is 0.705. The maximum absolute atomic E-state index is 13.0.